The van der Waals surface area contributed by atoms with E-state index in [0.717, 1.165) is 10.7 Å². The highest BCUT2D eigenvalue weighted by Gasteiger charge is 2.30. The van der Waals surface area contributed by atoms with E-state index in [9.17, 15) is 22.8 Å². The number of alkyl halides is 3. The third kappa shape index (κ3) is 3.73. The molecule has 148 valence electrons. The molecule has 0 aliphatic heterocycles. The lowest BCUT2D eigenvalue weighted by atomic mass is 10.2. The maximum Gasteiger partial charge on any atom is 0.417 e. The summed E-state index contributed by atoms with van der Waals surface area (Å²) < 4.78 is 40.2. The fourth-order valence-corrected chi connectivity index (χ4v) is 2.82. The Hall–Kier alpha value is -3.24. The zero-order valence-corrected chi connectivity index (χ0v) is 15.3. The van der Waals surface area contributed by atoms with Gasteiger partial charge in [-0.3, -0.25) is 19.3 Å². The summed E-state index contributed by atoms with van der Waals surface area (Å²) in [5, 5.41) is 11.3. The van der Waals surface area contributed by atoms with Crippen LogP contribution in [0.3, 0.4) is 0 Å². The van der Waals surface area contributed by atoms with Crippen molar-refractivity contribution in [3.63, 3.8) is 0 Å². The van der Waals surface area contributed by atoms with E-state index < -0.39 is 29.2 Å². The van der Waals surface area contributed by atoms with Gasteiger partial charge in [-0.25, -0.2) is 4.68 Å². The summed E-state index contributed by atoms with van der Waals surface area (Å²) in [7, 11) is 1.62. The SMILES string of the molecule is Cc1nn(C)c2c(=O)n(CC(=O)N[C@@H](C)c3ccc(C(F)(F)F)cn3)ncc12. The fraction of sp³-hybridized carbons (Fsp3) is 0.353. The fourth-order valence-electron chi connectivity index (χ4n) is 2.82. The Labute approximate surface area is 157 Å². The van der Waals surface area contributed by atoms with Gasteiger partial charge in [-0.05, 0) is 26.0 Å². The van der Waals surface area contributed by atoms with E-state index in [2.05, 4.69) is 20.5 Å². The van der Waals surface area contributed by atoms with Gasteiger partial charge < -0.3 is 5.32 Å². The number of halogens is 3. The molecule has 3 rings (SSSR count). The first kappa shape index (κ1) is 19.5. The van der Waals surface area contributed by atoms with Crippen LogP contribution in [0.4, 0.5) is 13.2 Å². The number of fused-ring (bicyclic) bond motifs is 1. The van der Waals surface area contributed by atoms with E-state index in [1.807, 2.05) is 0 Å². The lowest BCUT2D eigenvalue weighted by Crippen LogP contribution is -2.35. The largest absolute Gasteiger partial charge is 0.417 e. The summed E-state index contributed by atoms with van der Waals surface area (Å²) in [5.74, 6) is -0.526. The van der Waals surface area contributed by atoms with Crippen LogP contribution in [-0.4, -0.2) is 30.5 Å². The number of hydrogen-bond donors (Lipinski definition) is 1. The average Bonchev–Trinajstić information content (AvgIpc) is 2.91. The molecule has 28 heavy (non-hydrogen) atoms. The van der Waals surface area contributed by atoms with Crippen LogP contribution in [-0.2, 0) is 24.6 Å². The number of rotatable bonds is 4. The van der Waals surface area contributed by atoms with Crippen LogP contribution < -0.4 is 10.9 Å². The Kier molecular flexibility index (Phi) is 4.92. The molecule has 3 aromatic heterocycles. The number of amides is 1. The third-order valence-electron chi connectivity index (χ3n) is 4.26. The first-order chi connectivity index (χ1) is 13.1. The summed E-state index contributed by atoms with van der Waals surface area (Å²) in [5.41, 5.74) is -0.0841. The van der Waals surface area contributed by atoms with Gasteiger partial charge in [0.2, 0.25) is 5.91 Å². The second kappa shape index (κ2) is 7.06. The molecule has 0 aliphatic rings. The second-order valence-corrected chi connectivity index (χ2v) is 6.34. The molecule has 1 amide bonds. The predicted octanol–water partition coefficient (Wildman–Crippen LogP) is 1.73. The monoisotopic (exact) mass is 394 g/mol. The van der Waals surface area contributed by atoms with Gasteiger partial charge in [0.1, 0.15) is 12.1 Å². The summed E-state index contributed by atoms with van der Waals surface area (Å²) >= 11 is 0. The van der Waals surface area contributed by atoms with E-state index in [1.165, 1.54) is 16.9 Å². The van der Waals surface area contributed by atoms with Crippen molar-refractivity contribution in [3.05, 3.63) is 51.8 Å². The van der Waals surface area contributed by atoms with Gasteiger partial charge in [0.25, 0.3) is 5.56 Å². The minimum atomic E-state index is -4.48. The number of pyridine rings is 1. The topological polar surface area (TPSA) is 94.7 Å². The van der Waals surface area contributed by atoms with Crippen molar-refractivity contribution in [1.82, 2.24) is 29.9 Å². The molecule has 0 bridgehead atoms. The van der Waals surface area contributed by atoms with E-state index in [0.29, 0.717) is 22.8 Å². The summed E-state index contributed by atoms with van der Waals surface area (Å²) in [6, 6.07) is 1.45. The van der Waals surface area contributed by atoms with E-state index in [4.69, 9.17) is 0 Å². The molecule has 0 radical (unpaired) electrons. The highest BCUT2D eigenvalue weighted by molar-refractivity contribution is 5.80. The maximum absolute atomic E-state index is 12.6. The molecular formula is C17H17F3N6O2. The molecule has 0 aliphatic carbocycles. The van der Waals surface area contributed by atoms with Crippen molar-refractivity contribution < 1.29 is 18.0 Å². The Morgan fingerprint density at radius 1 is 1.29 bits per heavy atom. The molecule has 0 spiro atoms. The number of aryl methyl sites for hydroxylation is 2. The Balaban J connectivity index is 1.73. The van der Waals surface area contributed by atoms with Gasteiger partial charge in [-0.1, -0.05) is 0 Å². The number of nitrogens with zero attached hydrogens (tertiary/aromatic N) is 5. The van der Waals surface area contributed by atoms with Crippen LogP contribution in [0.5, 0.6) is 0 Å². The molecule has 0 fully saturated rings. The molecular weight excluding hydrogens is 377 g/mol. The van der Waals surface area contributed by atoms with Gasteiger partial charge in [0.05, 0.1) is 29.2 Å². The van der Waals surface area contributed by atoms with Gasteiger partial charge in [0, 0.05) is 18.6 Å². The summed E-state index contributed by atoms with van der Waals surface area (Å²) in [6.07, 6.45) is -2.30. The van der Waals surface area contributed by atoms with E-state index in [1.54, 1.807) is 20.9 Å². The Bertz CT molecular complexity index is 1090. The molecule has 1 atom stereocenters. The molecule has 8 nitrogen and oxygen atoms in total. The Morgan fingerprint density at radius 3 is 2.61 bits per heavy atom. The van der Waals surface area contributed by atoms with Crippen LogP contribution in [0, 0.1) is 6.92 Å². The van der Waals surface area contributed by atoms with Gasteiger partial charge in [-0.2, -0.15) is 23.4 Å². The van der Waals surface area contributed by atoms with Gasteiger partial charge in [0.15, 0.2) is 0 Å². The lowest BCUT2D eigenvalue weighted by Gasteiger charge is -2.15. The second-order valence-electron chi connectivity index (χ2n) is 6.34. The minimum Gasteiger partial charge on any atom is -0.346 e. The quantitative estimate of drug-likeness (QED) is 0.727. The molecule has 1 N–H and O–H groups in total. The lowest BCUT2D eigenvalue weighted by molar-refractivity contribution is -0.137. The van der Waals surface area contributed by atoms with Gasteiger partial charge in [-0.15, -0.1) is 0 Å². The standard InChI is InChI=1S/C17H17F3N6O2/c1-9-12-7-22-26(16(28)15(12)25(3)24-9)8-14(27)23-10(2)13-5-4-11(6-21-13)17(18,19)20/h4-7,10H,8H2,1-3H3,(H,23,27)/t10-/m0/s1. The molecule has 0 saturated carbocycles. The van der Waals surface area contributed by atoms with Gasteiger partial charge >= 0.3 is 6.18 Å². The van der Waals surface area contributed by atoms with Crippen molar-refractivity contribution in [1.29, 1.82) is 0 Å². The number of nitrogens with one attached hydrogen (secondary N) is 1. The highest BCUT2D eigenvalue weighted by Crippen LogP contribution is 2.28. The number of aromatic nitrogens is 5. The summed E-state index contributed by atoms with van der Waals surface area (Å²) in [6.45, 7) is 2.99. The Morgan fingerprint density at radius 2 is 2.00 bits per heavy atom. The molecule has 0 unspecified atom stereocenters. The molecule has 3 heterocycles. The zero-order chi connectivity index (χ0) is 20.6. The normalized spacial score (nSPS) is 12.9. The van der Waals surface area contributed by atoms with Crippen molar-refractivity contribution >= 4 is 16.8 Å². The van der Waals surface area contributed by atoms with E-state index in [-0.39, 0.29) is 12.2 Å². The number of hydrogen-bond acceptors (Lipinski definition) is 5. The number of carbonyl (C=O) groups is 1. The van der Waals surface area contributed by atoms with Crippen LogP contribution in [0.25, 0.3) is 10.9 Å². The van der Waals surface area contributed by atoms with E-state index >= 15 is 0 Å². The third-order valence-corrected chi connectivity index (χ3v) is 4.26. The zero-order valence-electron chi connectivity index (χ0n) is 15.3. The molecule has 11 heteroatoms. The van der Waals surface area contributed by atoms with Crippen molar-refractivity contribution in [3.8, 4) is 0 Å². The highest BCUT2D eigenvalue weighted by atomic mass is 19.4. The van der Waals surface area contributed by atoms with Crippen LogP contribution in [0.2, 0.25) is 0 Å². The average molecular weight is 394 g/mol. The molecule has 0 aromatic carbocycles. The van der Waals surface area contributed by atoms with Crippen LogP contribution >= 0.6 is 0 Å². The first-order valence-electron chi connectivity index (χ1n) is 8.30. The predicted molar refractivity (Wildman–Crippen MR) is 93.3 cm³/mol. The minimum absolute atomic E-state index is 0.263. The molecule has 0 saturated heterocycles. The van der Waals surface area contributed by atoms with Crippen molar-refractivity contribution in [2.24, 2.45) is 7.05 Å². The smallest absolute Gasteiger partial charge is 0.346 e. The first-order valence-corrected chi connectivity index (χ1v) is 8.30. The van der Waals surface area contributed by atoms with Crippen LogP contribution in [0.1, 0.15) is 29.9 Å². The maximum atomic E-state index is 12.6. The van der Waals surface area contributed by atoms with Crippen LogP contribution in [0.15, 0.2) is 29.3 Å². The van der Waals surface area contributed by atoms with Crippen molar-refractivity contribution in [2.75, 3.05) is 0 Å². The number of carbonyl (C=O) groups excluding carboxylic acids is 1. The van der Waals surface area contributed by atoms with Crippen molar-refractivity contribution in [2.45, 2.75) is 32.6 Å². The summed E-state index contributed by atoms with van der Waals surface area (Å²) in [4.78, 5) is 28.5. The molecule has 3 aromatic rings.